The number of likely N-dealkylation sites (tertiary alicyclic amines) is 1. The summed E-state index contributed by atoms with van der Waals surface area (Å²) in [4.78, 5) is 13.1. The van der Waals surface area contributed by atoms with Crippen molar-refractivity contribution < 1.29 is 23.0 Å². The molecule has 0 aromatic rings. The first-order chi connectivity index (χ1) is 7.11. The van der Waals surface area contributed by atoms with Gasteiger partial charge in [0.25, 0.3) is 0 Å². The molecule has 4 nitrogen and oxygen atoms in total. The lowest BCUT2D eigenvalue weighted by atomic mass is 10.1. The average Bonchev–Trinajstić information content (AvgIpc) is 2.88. The van der Waals surface area contributed by atoms with Crippen molar-refractivity contribution in [3.05, 3.63) is 0 Å². The fraction of sp³-hybridized carbons (Fsp3) is 0.889. The zero-order chi connectivity index (χ0) is 11.0. The van der Waals surface area contributed by atoms with Crippen molar-refractivity contribution in [2.24, 2.45) is 5.92 Å². The summed E-state index contributed by atoms with van der Waals surface area (Å²) in [7, 11) is 1.57. The molecule has 0 aromatic heterocycles. The van der Waals surface area contributed by atoms with Crippen LogP contribution in [0.15, 0.2) is 0 Å². The number of methoxy groups -OCH3 is 1. The van der Waals surface area contributed by atoms with E-state index in [4.69, 9.17) is 4.74 Å². The Morgan fingerprint density at radius 1 is 1.47 bits per heavy atom. The Morgan fingerprint density at radius 3 is 2.60 bits per heavy atom. The summed E-state index contributed by atoms with van der Waals surface area (Å²) in [5.74, 6) is -0.0709. The maximum Gasteiger partial charge on any atom is 0.345 e. The van der Waals surface area contributed by atoms with E-state index in [2.05, 4.69) is 4.74 Å². The number of carbonyl (C=O) groups excluding carboxylic acids is 1. The number of ether oxygens (including phenoxy) is 2. The van der Waals surface area contributed by atoms with Crippen LogP contribution in [0, 0.1) is 5.92 Å². The van der Waals surface area contributed by atoms with Crippen molar-refractivity contribution in [2.75, 3.05) is 20.2 Å². The van der Waals surface area contributed by atoms with Crippen LogP contribution >= 0.6 is 0 Å². The van der Waals surface area contributed by atoms with Gasteiger partial charge in [-0.2, -0.15) is 8.78 Å². The number of alkyl halides is 2. The zero-order valence-electron chi connectivity index (χ0n) is 8.36. The van der Waals surface area contributed by atoms with Gasteiger partial charge in [-0.1, -0.05) is 0 Å². The van der Waals surface area contributed by atoms with Gasteiger partial charge in [-0.3, -0.25) is 4.79 Å². The molecule has 1 amide bonds. The number of amides is 1. The van der Waals surface area contributed by atoms with Gasteiger partial charge in [-0.15, -0.1) is 0 Å². The van der Waals surface area contributed by atoms with E-state index in [1.165, 1.54) is 4.90 Å². The van der Waals surface area contributed by atoms with Crippen molar-refractivity contribution >= 4 is 5.91 Å². The van der Waals surface area contributed by atoms with Gasteiger partial charge in [-0.05, 0) is 6.42 Å². The Labute approximate surface area is 86.1 Å². The number of hydrogen-bond acceptors (Lipinski definition) is 3. The molecule has 2 atom stereocenters. The molecule has 0 radical (unpaired) electrons. The third-order valence-electron chi connectivity index (χ3n) is 2.81. The molecule has 1 saturated carbocycles. The van der Waals surface area contributed by atoms with E-state index in [9.17, 15) is 13.6 Å². The molecule has 2 rings (SSSR count). The predicted molar refractivity (Wildman–Crippen MR) is 46.4 cm³/mol. The van der Waals surface area contributed by atoms with Crippen LogP contribution in [-0.4, -0.2) is 49.8 Å². The fourth-order valence-corrected chi connectivity index (χ4v) is 1.78. The first kappa shape index (κ1) is 10.8. The van der Waals surface area contributed by atoms with Crippen molar-refractivity contribution in [2.45, 2.75) is 25.2 Å². The van der Waals surface area contributed by atoms with Gasteiger partial charge in [0, 0.05) is 20.2 Å². The third-order valence-corrected chi connectivity index (χ3v) is 2.81. The minimum absolute atomic E-state index is 0.00373. The molecule has 0 N–H and O–H groups in total. The minimum Gasteiger partial charge on any atom is -0.381 e. The second kappa shape index (κ2) is 4.02. The van der Waals surface area contributed by atoms with E-state index >= 15 is 0 Å². The summed E-state index contributed by atoms with van der Waals surface area (Å²) in [6.07, 6.45) is 0.257. The smallest absolute Gasteiger partial charge is 0.345 e. The van der Waals surface area contributed by atoms with Gasteiger partial charge in [0.15, 0.2) is 0 Å². The van der Waals surface area contributed by atoms with E-state index in [-0.39, 0.29) is 31.0 Å². The fourth-order valence-electron chi connectivity index (χ4n) is 1.78. The SMILES string of the molecule is CO[C@@H]1C[C@H]1C(=O)N1CC(OC(F)F)C1. The third kappa shape index (κ3) is 2.26. The molecule has 86 valence electrons. The maximum atomic E-state index is 11.8. The summed E-state index contributed by atoms with van der Waals surface area (Å²) in [6, 6.07) is 0. The molecule has 1 aliphatic carbocycles. The van der Waals surface area contributed by atoms with Crippen LogP contribution in [0.25, 0.3) is 0 Å². The van der Waals surface area contributed by atoms with Crippen LogP contribution in [0.5, 0.6) is 0 Å². The Hall–Kier alpha value is -0.750. The molecule has 1 aliphatic heterocycles. The van der Waals surface area contributed by atoms with Crippen LogP contribution in [0.4, 0.5) is 8.78 Å². The molecular formula is C9H13F2NO3. The zero-order valence-corrected chi connectivity index (χ0v) is 8.36. The first-order valence-corrected chi connectivity index (χ1v) is 4.87. The molecule has 0 bridgehead atoms. The minimum atomic E-state index is -2.75. The lowest BCUT2D eigenvalue weighted by Crippen LogP contribution is -2.56. The lowest BCUT2D eigenvalue weighted by molar-refractivity contribution is -0.199. The van der Waals surface area contributed by atoms with Gasteiger partial charge >= 0.3 is 6.61 Å². The van der Waals surface area contributed by atoms with Crippen LogP contribution in [0.1, 0.15) is 6.42 Å². The highest BCUT2D eigenvalue weighted by Crippen LogP contribution is 2.36. The summed E-state index contributed by atoms with van der Waals surface area (Å²) in [5, 5.41) is 0. The Balaban J connectivity index is 1.69. The summed E-state index contributed by atoms with van der Waals surface area (Å²) < 4.78 is 32.8. The molecule has 0 unspecified atom stereocenters. The number of carbonyl (C=O) groups is 1. The topological polar surface area (TPSA) is 38.8 Å². The second-order valence-electron chi connectivity index (χ2n) is 3.88. The van der Waals surface area contributed by atoms with Gasteiger partial charge in [-0.25, -0.2) is 0 Å². The van der Waals surface area contributed by atoms with Gasteiger partial charge < -0.3 is 14.4 Å². The van der Waals surface area contributed by atoms with Gasteiger partial charge in [0.1, 0.15) is 0 Å². The lowest BCUT2D eigenvalue weighted by Gasteiger charge is -2.38. The molecule has 2 aliphatic rings. The highest BCUT2D eigenvalue weighted by molar-refractivity contribution is 5.83. The molecule has 0 spiro atoms. The molecular weight excluding hydrogens is 208 g/mol. The number of nitrogens with zero attached hydrogens (tertiary/aromatic N) is 1. The largest absolute Gasteiger partial charge is 0.381 e. The van der Waals surface area contributed by atoms with Gasteiger partial charge in [0.05, 0.1) is 18.1 Å². The van der Waals surface area contributed by atoms with E-state index < -0.39 is 12.7 Å². The number of rotatable bonds is 4. The quantitative estimate of drug-likeness (QED) is 0.692. The van der Waals surface area contributed by atoms with Crippen LogP contribution in [0.3, 0.4) is 0 Å². The van der Waals surface area contributed by atoms with Crippen molar-refractivity contribution in [1.29, 1.82) is 0 Å². The van der Waals surface area contributed by atoms with Crippen molar-refractivity contribution in [3.8, 4) is 0 Å². The van der Waals surface area contributed by atoms with Crippen molar-refractivity contribution in [1.82, 2.24) is 4.90 Å². The highest BCUT2D eigenvalue weighted by atomic mass is 19.3. The van der Waals surface area contributed by atoms with E-state index in [1.54, 1.807) is 7.11 Å². The molecule has 0 aromatic carbocycles. The molecule has 1 heterocycles. The standard InChI is InChI=1S/C9H13F2NO3/c1-14-7-2-6(7)8(13)12-3-5(4-12)15-9(10)11/h5-7,9H,2-4H2,1H3/t6-,7-/m1/s1. The molecule has 15 heavy (non-hydrogen) atoms. The summed E-state index contributed by atoms with van der Waals surface area (Å²) in [5.41, 5.74) is 0. The normalized spacial score (nSPS) is 30.5. The molecule has 2 fully saturated rings. The number of halogens is 2. The summed E-state index contributed by atoms with van der Waals surface area (Å²) >= 11 is 0. The van der Waals surface area contributed by atoms with Crippen LogP contribution in [0.2, 0.25) is 0 Å². The maximum absolute atomic E-state index is 11.8. The molecule has 1 saturated heterocycles. The van der Waals surface area contributed by atoms with Gasteiger partial charge in [0.2, 0.25) is 5.91 Å². The van der Waals surface area contributed by atoms with E-state index in [0.29, 0.717) is 0 Å². The van der Waals surface area contributed by atoms with Crippen molar-refractivity contribution in [3.63, 3.8) is 0 Å². The van der Waals surface area contributed by atoms with Crippen LogP contribution in [-0.2, 0) is 14.3 Å². The highest BCUT2D eigenvalue weighted by Gasteiger charge is 2.48. The van der Waals surface area contributed by atoms with E-state index in [0.717, 1.165) is 6.42 Å². The Kier molecular flexibility index (Phi) is 2.88. The van der Waals surface area contributed by atoms with Crippen LogP contribution < -0.4 is 0 Å². The molecule has 6 heteroatoms. The Morgan fingerprint density at radius 2 is 2.13 bits per heavy atom. The average molecular weight is 221 g/mol. The Bertz CT molecular complexity index is 256. The predicted octanol–water partition coefficient (Wildman–Crippen LogP) is 0.471. The second-order valence-corrected chi connectivity index (χ2v) is 3.88. The van der Waals surface area contributed by atoms with E-state index in [1.807, 2.05) is 0 Å². The monoisotopic (exact) mass is 221 g/mol. The summed E-state index contributed by atoms with van der Waals surface area (Å²) in [6.45, 7) is -2.20. The number of hydrogen-bond donors (Lipinski definition) is 0. The first-order valence-electron chi connectivity index (χ1n) is 4.87.